The highest BCUT2D eigenvalue weighted by molar-refractivity contribution is 7.89. The summed E-state index contributed by atoms with van der Waals surface area (Å²) in [6.07, 6.45) is 1.36. The Morgan fingerprint density at radius 1 is 1.42 bits per heavy atom. The van der Waals surface area contributed by atoms with Crippen LogP contribution in [0.2, 0.25) is 0 Å². The summed E-state index contributed by atoms with van der Waals surface area (Å²) in [6.45, 7) is 0. The van der Waals surface area contributed by atoms with Gasteiger partial charge in [0.05, 0.1) is 22.8 Å². The smallest absolute Gasteiger partial charge is 0.312 e. The van der Waals surface area contributed by atoms with Gasteiger partial charge in [0.15, 0.2) is 5.75 Å². The lowest BCUT2D eigenvalue weighted by Gasteiger charge is -2.22. The molecule has 0 spiro atoms. The molecule has 1 aromatic carbocycles. The third-order valence-corrected chi connectivity index (χ3v) is 6.69. The number of hydrogen-bond donors (Lipinski definition) is 1. The molecular formula is C14H16N2O7S. The minimum Gasteiger partial charge on any atom is -0.490 e. The van der Waals surface area contributed by atoms with Gasteiger partial charge in [0.1, 0.15) is 0 Å². The molecular weight excluding hydrogens is 340 g/mol. The van der Waals surface area contributed by atoms with E-state index in [0.717, 1.165) is 6.07 Å². The van der Waals surface area contributed by atoms with Crippen molar-refractivity contribution in [2.24, 2.45) is 5.92 Å². The van der Waals surface area contributed by atoms with E-state index >= 15 is 0 Å². The molecule has 0 aromatic heterocycles. The number of nitrogens with zero attached hydrogens (tertiary/aromatic N) is 2. The summed E-state index contributed by atoms with van der Waals surface area (Å²) in [5.74, 6) is -1.78. The van der Waals surface area contributed by atoms with E-state index in [-0.39, 0.29) is 23.1 Å². The summed E-state index contributed by atoms with van der Waals surface area (Å²) < 4.78 is 31.9. The van der Waals surface area contributed by atoms with Crippen molar-refractivity contribution in [3.8, 4) is 5.75 Å². The number of aliphatic carboxylic acids is 1. The Morgan fingerprint density at radius 2 is 2.12 bits per heavy atom. The van der Waals surface area contributed by atoms with Gasteiger partial charge in [0, 0.05) is 18.2 Å². The van der Waals surface area contributed by atoms with Gasteiger partial charge >= 0.3 is 11.7 Å². The van der Waals surface area contributed by atoms with Crippen molar-refractivity contribution in [1.29, 1.82) is 0 Å². The Hall–Kier alpha value is -2.20. The molecule has 3 atom stereocenters. The Balaban J connectivity index is 2.02. The predicted molar refractivity (Wildman–Crippen MR) is 81.2 cm³/mol. The number of nitro groups is 1. The highest BCUT2D eigenvalue weighted by Crippen LogP contribution is 2.45. The van der Waals surface area contributed by atoms with Gasteiger partial charge in [-0.25, -0.2) is 8.42 Å². The van der Waals surface area contributed by atoms with E-state index in [2.05, 4.69) is 0 Å². The number of nitro benzene ring substituents is 1. The van der Waals surface area contributed by atoms with Crippen molar-refractivity contribution in [2.45, 2.75) is 36.2 Å². The van der Waals surface area contributed by atoms with Crippen LogP contribution in [0, 0.1) is 16.0 Å². The second kappa shape index (κ2) is 5.71. The zero-order valence-corrected chi connectivity index (χ0v) is 13.6. The van der Waals surface area contributed by atoms with Gasteiger partial charge in [0.2, 0.25) is 10.0 Å². The summed E-state index contributed by atoms with van der Waals surface area (Å²) in [6, 6.07) is 2.47. The van der Waals surface area contributed by atoms with Crippen LogP contribution in [0.5, 0.6) is 5.75 Å². The van der Waals surface area contributed by atoms with Gasteiger partial charge in [-0.2, -0.15) is 4.31 Å². The molecule has 2 saturated heterocycles. The van der Waals surface area contributed by atoms with Crippen LogP contribution in [0.25, 0.3) is 0 Å². The third-order valence-electron chi connectivity index (χ3n) is 4.71. The number of hydrogen-bond acceptors (Lipinski definition) is 6. The first-order valence-electron chi connectivity index (χ1n) is 7.36. The molecule has 2 heterocycles. The van der Waals surface area contributed by atoms with Crippen molar-refractivity contribution in [3.63, 3.8) is 0 Å². The monoisotopic (exact) mass is 356 g/mol. The molecule has 24 heavy (non-hydrogen) atoms. The summed E-state index contributed by atoms with van der Waals surface area (Å²) in [5, 5.41) is 20.4. The number of ether oxygens (including phenoxy) is 1. The minimum atomic E-state index is -4.01. The van der Waals surface area contributed by atoms with Gasteiger partial charge in [-0.1, -0.05) is 0 Å². The Kier molecular flexibility index (Phi) is 3.96. The highest BCUT2D eigenvalue weighted by atomic mass is 32.2. The maximum absolute atomic E-state index is 12.9. The lowest BCUT2D eigenvalue weighted by Crippen LogP contribution is -2.37. The maximum atomic E-state index is 12.9. The number of benzene rings is 1. The van der Waals surface area contributed by atoms with Crippen LogP contribution in [-0.4, -0.2) is 47.9 Å². The molecule has 0 radical (unpaired) electrons. The summed E-state index contributed by atoms with van der Waals surface area (Å²) in [4.78, 5) is 21.5. The van der Waals surface area contributed by atoms with Gasteiger partial charge < -0.3 is 9.84 Å². The van der Waals surface area contributed by atoms with Crippen molar-refractivity contribution in [3.05, 3.63) is 28.3 Å². The largest absolute Gasteiger partial charge is 0.490 e. The first-order chi connectivity index (χ1) is 11.3. The quantitative estimate of drug-likeness (QED) is 0.621. The van der Waals surface area contributed by atoms with Crippen molar-refractivity contribution in [2.75, 3.05) is 7.11 Å². The fourth-order valence-electron chi connectivity index (χ4n) is 3.67. The molecule has 3 rings (SSSR count). The molecule has 0 aliphatic carbocycles. The molecule has 130 valence electrons. The van der Waals surface area contributed by atoms with Crippen LogP contribution < -0.4 is 4.74 Å². The SMILES string of the molecule is COc1ccc(S(=O)(=O)N2C3CCC2C(C(=O)O)C3)cc1[N+](=O)[O-]. The fraction of sp³-hybridized carbons (Fsp3) is 0.500. The molecule has 1 N–H and O–H groups in total. The summed E-state index contributed by atoms with van der Waals surface area (Å²) in [5.41, 5.74) is -0.445. The van der Waals surface area contributed by atoms with E-state index in [1.807, 2.05) is 0 Å². The van der Waals surface area contributed by atoms with Crippen LogP contribution in [0.15, 0.2) is 23.1 Å². The first-order valence-corrected chi connectivity index (χ1v) is 8.80. The summed E-state index contributed by atoms with van der Waals surface area (Å²) >= 11 is 0. The standard InChI is InChI=1S/C14H16N2O7S/c1-23-13-5-3-9(7-12(13)16(19)20)24(21,22)15-8-2-4-11(15)10(6-8)14(17)18/h3,5,7-8,10-11H,2,4,6H2,1H3,(H,17,18). The lowest BCUT2D eigenvalue weighted by atomic mass is 9.89. The van der Waals surface area contributed by atoms with E-state index in [1.165, 1.54) is 23.5 Å². The Morgan fingerprint density at radius 3 is 2.67 bits per heavy atom. The highest BCUT2D eigenvalue weighted by Gasteiger charge is 2.54. The van der Waals surface area contributed by atoms with Crippen molar-refractivity contribution in [1.82, 2.24) is 4.31 Å². The molecule has 2 aliphatic heterocycles. The molecule has 9 nitrogen and oxygen atoms in total. The molecule has 2 aliphatic rings. The van der Waals surface area contributed by atoms with E-state index in [9.17, 15) is 28.4 Å². The molecule has 1 aromatic rings. The van der Waals surface area contributed by atoms with Crippen LogP contribution in [-0.2, 0) is 14.8 Å². The molecule has 0 saturated carbocycles. The topological polar surface area (TPSA) is 127 Å². The van der Waals surface area contributed by atoms with Gasteiger partial charge in [-0.05, 0) is 31.4 Å². The zero-order valence-electron chi connectivity index (χ0n) is 12.8. The van der Waals surface area contributed by atoms with Crippen LogP contribution in [0.4, 0.5) is 5.69 Å². The van der Waals surface area contributed by atoms with E-state index in [1.54, 1.807) is 0 Å². The van der Waals surface area contributed by atoms with E-state index in [4.69, 9.17) is 4.74 Å². The zero-order chi connectivity index (χ0) is 17.6. The van der Waals surface area contributed by atoms with Crippen LogP contribution in [0.3, 0.4) is 0 Å². The van der Waals surface area contributed by atoms with E-state index in [0.29, 0.717) is 12.8 Å². The second-order valence-electron chi connectivity index (χ2n) is 5.90. The molecule has 2 fully saturated rings. The van der Waals surface area contributed by atoms with Crippen LogP contribution >= 0.6 is 0 Å². The Bertz CT molecular complexity index is 807. The summed E-state index contributed by atoms with van der Waals surface area (Å²) in [7, 11) is -2.75. The maximum Gasteiger partial charge on any atom is 0.312 e. The van der Waals surface area contributed by atoms with Gasteiger partial charge in [0.25, 0.3) is 0 Å². The van der Waals surface area contributed by atoms with Crippen LogP contribution in [0.1, 0.15) is 19.3 Å². The number of carboxylic acids is 1. The fourth-order valence-corrected chi connectivity index (χ4v) is 5.61. The van der Waals surface area contributed by atoms with Crippen molar-refractivity contribution < 1.29 is 28.0 Å². The number of methoxy groups -OCH3 is 1. The number of fused-ring (bicyclic) bond motifs is 2. The average molecular weight is 356 g/mol. The molecule has 0 amide bonds. The van der Waals surface area contributed by atoms with Crippen molar-refractivity contribution >= 4 is 21.7 Å². The third kappa shape index (κ3) is 2.42. The number of sulfonamides is 1. The number of carboxylic acid groups (broad SMARTS) is 1. The predicted octanol–water partition coefficient (Wildman–Crippen LogP) is 1.23. The normalized spacial score (nSPS) is 26.5. The molecule has 3 unspecified atom stereocenters. The van der Waals surface area contributed by atoms with Gasteiger partial charge in [-0.3, -0.25) is 14.9 Å². The second-order valence-corrected chi connectivity index (χ2v) is 7.75. The van der Waals surface area contributed by atoms with E-state index < -0.39 is 38.6 Å². The minimum absolute atomic E-state index is 0.0354. The number of carbonyl (C=O) groups is 1. The Labute approximate surface area is 138 Å². The first kappa shape index (κ1) is 16.7. The molecule has 2 bridgehead atoms. The number of rotatable bonds is 5. The average Bonchev–Trinajstić information content (AvgIpc) is 3.12. The lowest BCUT2D eigenvalue weighted by molar-refractivity contribution is -0.386. The molecule has 10 heteroatoms. The van der Waals surface area contributed by atoms with Gasteiger partial charge in [-0.15, -0.1) is 0 Å².